The minimum absolute atomic E-state index is 0.106. The van der Waals surface area contributed by atoms with Crippen LogP contribution in [-0.4, -0.2) is 83.2 Å². The molecule has 222 valence electrons. The highest BCUT2D eigenvalue weighted by Gasteiger charge is 2.32. The van der Waals surface area contributed by atoms with Gasteiger partial charge < -0.3 is 34.1 Å². The lowest BCUT2D eigenvalue weighted by molar-refractivity contribution is 0.00165. The van der Waals surface area contributed by atoms with Crippen LogP contribution in [0.15, 0.2) is 42.5 Å². The van der Waals surface area contributed by atoms with Gasteiger partial charge in [-0.25, -0.2) is 0 Å². The highest BCUT2D eigenvalue weighted by molar-refractivity contribution is 5.61. The molecule has 7 nitrogen and oxygen atoms in total. The maximum Gasteiger partial charge on any atom is 0.142 e. The molecule has 0 aliphatic carbocycles. The number of piperidine rings is 1. The van der Waals surface area contributed by atoms with Crippen molar-refractivity contribution in [2.24, 2.45) is 0 Å². The zero-order chi connectivity index (χ0) is 28.3. The summed E-state index contributed by atoms with van der Waals surface area (Å²) in [5, 5.41) is 3.84. The van der Waals surface area contributed by atoms with Crippen LogP contribution in [0.2, 0.25) is 0 Å². The van der Waals surface area contributed by atoms with Gasteiger partial charge >= 0.3 is 0 Å². The van der Waals surface area contributed by atoms with Gasteiger partial charge in [-0.1, -0.05) is 32.0 Å². The second kappa shape index (κ2) is 15.6. The molecule has 2 aromatic rings. The third-order valence-electron chi connectivity index (χ3n) is 8.73. The second-order valence-electron chi connectivity index (χ2n) is 11.2. The van der Waals surface area contributed by atoms with Crippen molar-refractivity contribution in [1.82, 2.24) is 10.2 Å². The fraction of sp³-hybridized carbons (Fsp3) is 0.636. The van der Waals surface area contributed by atoms with E-state index >= 15 is 0 Å². The Kier molecular flexibility index (Phi) is 12.0. The predicted molar refractivity (Wildman–Crippen MR) is 163 cm³/mol. The van der Waals surface area contributed by atoms with E-state index in [-0.39, 0.29) is 6.10 Å². The van der Waals surface area contributed by atoms with Crippen LogP contribution >= 0.6 is 0 Å². The van der Waals surface area contributed by atoms with Gasteiger partial charge in [0.05, 0.1) is 32.1 Å². The Balaban J connectivity index is 1.42. The first-order chi connectivity index (χ1) is 19.6. The van der Waals surface area contributed by atoms with Gasteiger partial charge in [-0.15, -0.1) is 0 Å². The van der Waals surface area contributed by atoms with E-state index < -0.39 is 0 Å². The number of nitrogens with zero attached hydrogens (tertiary/aromatic N) is 2. The summed E-state index contributed by atoms with van der Waals surface area (Å²) in [7, 11) is 3.48. The van der Waals surface area contributed by atoms with Gasteiger partial charge in [-0.3, -0.25) is 0 Å². The molecular weight excluding hydrogens is 502 g/mol. The Labute approximate surface area is 242 Å². The number of hydrogen-bond donors (Lipinski definition) is 1. The molecule has 2 aliphatic heterocycles. The Bertz CT molecular complexity index is 1010. The van der Waals surface area contributed by atoms with Crippen LogP contribution in [0.4, 0.5) is 5.69 Å². The largest absolute Gasteiger partial charge is 0.497 e. The molecule has 0 spiro atoms. The Hall–Kier alpha value is -2.32. The van der Waals surface area contributed by atoms with Crippen LogP contribution in [0, 0.1) is 0 Å². The molecular formula is C33H51N3O4. The molecule has 1 N–H and O–H groups in total. The summed E-state index contributed by atoms with van der Waals surface area (Å²) in [6, 6.07) is 16.2. The number of anilines is 1. The molecule has 2 aliphatic rings. The van der Waals surface area contributed by atoms with Crippen molar-refractivity contribution in [1.29, 1.82) is 0 Å². The third kappa shape index (κ3) is 8.12. The molecule has 1 saturated heterocycles. The molecule has 0 aromatic heterocycles. The average Bonchev–Trinajstić information content (AvgIpc) is 3.00. The lowest BCUT2D eigenvalue weighted by atomic mass is 9.82. The number of methoxy groups -OCH3 is 2. The zero-order valence-corrected chi connectivity index (χ0v) is 25.4. The molecule has 4 atom stereocenters. The summed E-state index contributed by atoms with van der Waals surface area (Å²) < 4.78 is 23.3. The van der Waals surface area contributed by atoms with Gasteiger partial charge in [0.25, 0.3) is 0 Å². The first kappa shape index (κ1) is 30.6. The highest BCUT2D eigenvalue weighted by atomic mass is 16.5. The van der Waals surface area contributed by atoms with E-state index in [9.17, 15) is 0 Å². The minimum atomic E-state index is 0.106. The normalized spacial score (nSPS) is 21.6. The van der Waals surface area contributed by atoms with Gasteiger partial charge in [0, 0.05) is 44.8 Å². The van der Waals surface area contributed by atoms with Gasteiger partial charge in [-0.2, -0.15) is 0 Å². The van der Waals surface area contributed by atoms with E-state index in [0.29, 0.717) is 24.6 Å². The average molecular weight is 554 g/mol. The van der Waals surface area contributed by atoms with Crippen molar-refractivity contribution < 1.29 is 18.9 Å². The van der Waals surface area contributed by atoms with E-state index in [4.69, 9.17) is 18.9 Å². The molecule has 2 heterocycles. The molecule has 0 bridgehead atoms. The molecule has 40 heavy (non-hydrogen) atoms. The lowest BCUT2D eigenvalue weighted by Gasteiger charge is -2.38. The molecule has 0 amide bonds. The number of fused-ring (bicyclic) bond motifs is 1. The van der Waals surface area contributed by atoms with Crippen molar-refractivity contribution in [3.05, 3.63) is 53.6 Å². The van der Waals surface area contributed by atoms with Crippen LogP contribution in [0.25, 0.3) is 0 Å². The van der Waals surface area contributed by atoms with Crippen molar-refractivity contribution in [2.45, 2.75) is 77.2 Å². The van der Waals surface area contributed by atoms with E-state index in [1.54, 1.807) is 14.2 Å². The molecule has 2 aromatic carbocycles. The summed E-state index contributed by atoms with van der Waals surface area (Å²) in [5.74, 6) is 2.20. The van der Waals surface area contributed by atoms with Gasteiger partial charge in [0.15, 0.2) is 0 Å². The number of ether oxygens (including phenoxy) is 4. The summed E-state index contributed by atoms with van der Waals surface area (Å²) in [4.78, 5) is 4.96. The molecule has 0 radical (unpaired) electrons. The monoisotopic (exact) mass is 553 g/mol. The quantitative estimate of drug-likeness (QED) is 0.294. The van der Waals surface area contributed by atoms with Crippen LogP contribution in [0.1, 0.15) is 63.5 Å². The molecule has 7 heteroatoms. The Morgan fingerprint density at radius 3 is 2.62 bits per heavy atom. The number of benzene rings is 2. The molecule has 4 rings (SSSR count). The molecule has 1 fully saturated rings. The molecule has 0 saturated carbocycles. The first-order valence-corrected chi connectivity index (χ1v) is 15.3. The van der Waals surface area contributed by atoms with Gasteiger partial charge in [0.2, 0.25) is 0 Å². The Morgan fingerprint density at radius 2 is 1.90 bits per heavy atom. The van der Waals surface area contributed by atoms with E-state index in [2.05, 4.69) is 78.4 Å². The standard InChI is InChI=1S/C33H51N3O4/c1-6-35(7-2)25(3)9-13-28-22-30(27-11-14-29(38-5)15-12-27)33(23-34-28)40-24-26-10-16-32-31(21-26)36(18-20-39-32)17-8-19-37-4/h10-12,14-16,21,25,28,30,33-34H,6-9,13,17-20,22-24H2,1-5H3/t25?,28?,30?,33-/m0/s1. The third-order valence-corrected chi connectivity index (χ3v) is 8.73. The predicted octanol–water partition coefficient (Wildman–Crippen LogP) is 5.47. The van der Waals surface area contributed by atoms with Crippen LogP contribution in [0.5, 0.6) is 11.5 Å². The van der Waals surface area contributed by atoms with Crippen molar-refractivity contribution in [3.63, 3.8) is 0 Å². The first-order valence-electron chi connectivity index (χ1n) is 15.3. The summed E-state index contributed by atoms with van der Waals surface area (Å²) in [5.41, 5.74) is 3.68. The van der Waals surface area contributed by atoms with E-state index in [1.165, 1.54) is 29.7 Å². The van der Waals surface area contributed by atoms with Crippen molar-refractivity contribution in [2.75, 3.05) is 65.1 Å². The van der Waals surface area contributed by atoms with Crippen LogP contribution < -0.4 is 19.7 Å². The fourth-order valence-electron chi connectivity index (χ4n) is 6.28. The molecule has 3 unspecified atom stereocenters. The SMILES string of the molecule is CCN(CC)C(C)CCC1CC(c2ccc(OC)cc2)[C@@H](OCc2ccc3c(c2)N(CCCOC)CCO3)CN1. The van der Waals surface area contributed by atoms with Crippen LogP contribution in [0.3, 0.4) is 0 Å². The van der Waals surface area contributed by atoms with Gasteiger partial charge in [-0.05, 0) is 81.1 Å². The van der Waals surface area contributed by atoms with Crippen LogP contribution in [-0.2, 0) is 16.1 Å². The fourth-order valence-corrected chi connectivity index (χ4v) is 6.28. The highest BCUT2D eigenvalue weighted by Crippen LogP contribution is 2.35. The van der Waals surface area contributed by atoms with Crippen molar-refractivity contribution >= 4 is 5.69 Å². The number of hydrogen-bond acceptors (Lipinski definition) is 7. The van der Waals surface area contributed by atoms with Gasteiger partial charge in [0.1, 0.15) is 18.1 Å². The second-order valence-corrected chi connectivity index (χ2v) is 11.2. The smallest absolute Gasteiger partial charge is 0.142 e. The zero-order valence-electron chi connectivity index (χ0n) is 25.4. The number of rotatable bonds is 15. The minimum Gasteiger partial charge on any atom is -0.497 e. The number of nitrogens with one attached hydrogen (secondary N) is 1. The maximum absolute atomic E-state index is 6.68. The van der Waals surface area contributed by atoms with Crippen molar-refractivity contribution in [3.8, 4) is 11.5 Å². The topological polar surface area (TPSA) is 55.4 Å². The summed E-state index contributed by atoms with van der Waals surface area (Å²) in [6.07, 6.45) is 4.57. The van der Waals surface area contributed by atoms with E-state index in [0.717, 1.165) is 70.3 Å². The van der Waals surface area contributed by atoms with E-state index in [1.807, 2.05) is 0 Å². The lowest BCUT2D eigenvalue weighted by Crippen LogP contribution is -2.47. The maximum atomic E-state index is 6.68. The summed E-state index contributed by atoms with van der Waals surface area (Å²) >= 11 is 0. The summed E-state index contributed by atoms with van der Waals surface area (Å²) in [6.45, 7) is 13.9. The Morgan fingerprint density at radius 1 is 1.10 bits per heavy atom.